The largest absolute Gasteiger partial charge is 0.480 e. The van der Waals surface area contributed by atoms with Gasteiger partial charge in [0.05, 0.1) is 17.7 Å². The van der Waals surface area contributed by atoms with E-state index in [0.29, 0.717) is 6.54 Å². The number of carboxylic acids is 1. The summed E-state index contributed by atoms with van der Waals surface area (Å²) in [6.07, 6.45) is 1.51. The third-order valence-electron chi connectivity index (χ3n) is 2.50. The Morgan fingerprint density at radius 2 is 2.26 bits per heavy atom. The van der Waals surface area contributed by atoms with E-state index in [0.717, 1.165) is 10.6 Å². The van der Waals surface area contributed by atoms with E-state index in [1.165, 1.54) is 27.2 Å². The highest BCUT2D eigenvalue weighted by molar-refractivity contribution is 7.09. The van der Waals surface area contributed by atoms with Crippen molar-refractivity contribution in [2.45, 2.75) is 13.5 Å². The van der Waals surface area contributed by atoms with Crippen LogP contribution in [0.25, 0.3) is 0 Å². The molecular formula is C12H17N3O3S. The fourth-order valence-corrected chi connectivity index (χ4v) is 2.36. The van der Waals surface area contributed by atoms with Crippen LogP contribution in [-0.4, -0.2) is 52.0 Å². The first-order valence-electron chi connectivity index (χ1n) is 5.67. The topological polar surface area (TPSA) is 73.7 Å². The highest BCUT2D eigenvalue weighted by Gasteiger charge is 2.20. The lowest BCUT2D eigenvalue weighted by molar-refractivity contribution is -0.137. The van der Waals surface area contributed by atoms with Crippen LogP contribution in [0.3, 0.4) is 0 Å². The maximum atomic E-state index is 12.1. The number of amides is 2. The Labute approximate surface area is 116 Å². The molecule has 1 rings (SSSR count). The first kappa shape index (κ1) is 15.2. The maximum Gasteiger partial charge on any atom is 0.323 e. The van der Waals surface area contributed by atoms with Crippen molar-refractivity contribution in [1.82, 2.24) is 14.8 Å². The molecule has 0 saturated heterocycles. The zero-order valence-electron chi connectivity index (χ0n) is 11.0. The number of hydrogen-bond donors (Lipinski definition) is 1. The number of aromatic nitrogens is 1. The number of carboxylic acid groups (broad SMARTS) is 1. The smallest absolute Gasteiger partial charge is 0.323 e. The average molecular weight is 283 g/mol. The second-order valence-electron chi connectivity index (χ2n) is 4.06. The molecule has 0 bridgehead atoms. The van der Waals surface area contributed by atoms with Crippen LogP contribution >= 0.6 is 11.3 Å². The number of thiazole rings is 1. The molecule has 0 aliphatic carbocycles. The van der Waals surface area contributed by atoms with E-state index < -0.39 is 5.97 Å². The van der Waals surface area contributed by atoms with Crippen molar-refractivity contribution >= 4 is 23.3 Å². The van der Waals surface area contributed by atoms with Crippen LogP contribution in [0.15, 0.2) is 18.2 Å². The zero-order valence-corrected chi connectivity index (χ0v) is 11.8. The minimum atomic E-state index is -1.04. The monoisotopic (exact) mass is 283 g/mol. The quantitative estimate of drug-likeness (QED) is 0.804. The van der Waals surface area contributed by atoms with Crippen molar-refractivity contribution < 1.29 is 14.7 Å². The first-order chi connectivity index (χ1) is 8.95. The number of nitrogens with zero attached hydrogens (tertiary/aromatic N) is 3. The summed E-state index contributed by atoms with van der Waals surface area (Å²) in [5.74, 6) is -1.04. The highest BCUT2D eigenvalue weighted by atomic mass is 32.1. The van der Waals surface area contributed by atoms with Crippen LogP contribution in [-0.2, 0) is 11.3 Å². The van der Waals surface area contributed by atoms with Crippen LogP contribution in [0.5, 0.6) is 0 Å². The van der Waals surface area contributed by atoms with E-state index in [9.17, 15) is 9.59 Å². The molecule has 1 heterocycles. The molecule has 0 aromatic carbocycles. The van der Waals surface area contributed by atoms with Gasteiger partial charge in [-0.2, -0.15) is 0 Å². The second kappa shape index (κ2) is 6.89. The van der Waals surface area contributed by atoms with Crippen molar-refractivity contribution in [1.29, 1.82) is 0 Å². The van der Waals surface area contributed by atoms with E-state index >= 15 is 0 Å². The van der Waals surface area contributed by atoms with E-state index in [1.54, 1.807) is 12.6 Å². The van der Waals surface area contributed by atoms with Gasteiger partial charge in [-0.3, -0.25) is 4.79 Å². The Morgan fingerprint density at radius 3 is 2.74 bits per heavy atom. The summed E-state index contributed by atoms with van der Waals surface area (Å²) in [6, 6.07) is -0.338. The molecule has 1 aromatic heterocycles. The molecule has 7 heteroatoms. The van der Waals surface area contributed by atoms with Gasteiger partial charge in [-0.1, -0.05) is 6.08 Å². The molecule has 0 spiro atoms. The van der Waals surface area contributed by atoms with Gasteiger partial charge in [-0.25, -0.2) is 9.78 Å². The molecule has 0 aliphatic rings. The molecule has 0 fully saturated rings. The van der Waals surface area contributed by atoms with E-state index in [-0.39, 0.29) is 19.1 Å². The van der Waals surface area contributed by atoms with E-state index in [1.807, 2.05) is 6.92 Å². The van der Waals surface area contributed by atoms with Gasteiger partial charge in [0.25, 0.3) is 0 Å². The first-order valence-corrected chi connectivity index (χ1v) is 6.55. The molecule has 19 heavy (non-hydrogen) atoms. The molecule has 1 aromatic rings. The summed E-state index contributed by atoms with van der Waals surface area (Å²) >= 11 is 1.47. The predicted octanol–water partition coefficient (Wildman–Crippen LogP) is 1.58. The molecule has 0 radical (unpaired) electrons. The summed E-state index contributed by atoms with van der Waals surface area (Å²) < 4.78 is 0. The molecular weight excluding hydrogens is 266 g/mol. The van der Waals surface area contributed by atoms with Crippen LogP contribution in [0, 0.1) is 6.92 Å². The summed E-state index contributed by atoms with van der Waals surface area (Å²) in [6.45, 7) is 5.69. The predicted molar refractivity (Wildman–Crippen MR) is 73.1 cm³/mol. The number of aryl methyl sites for hydroxylation is 1. The molecule has 2 amide bonds. The fourth-order valence-electron chi connectivity index (χ4n) is 1.53. The van der Waals surface area contributed by atoms with Crippen molar-refractivity contribution in [3.05, 3.63) is 28.7 Å². The number of aliphatic carboxylic acids is 1. The Bertz CT molecular complexity index is 473. The lowest BCUT2D eigenvalue weighted by Gasteiger charge is -2.25. The van der Waals surface area contributed by atoms with E-state index in [4.69, 9.17) is 5.11 Å². The van der Waals surface area contributed by atoms with Crippen LogP contribution < -0.4 is 0 Å². The van der Waals surface area contributed by atoms with Crippen molar-refractivity contribution in [2.24, 2.45) is 0 Å². The number of carbonyl (C=O) groups excluding carboxylic acids is 1. The normalized spacial score (nSPS) is 10.0. The Hall–Kier alpha value is -1.89. The fraction of sp³-hybridized carbons (Fsp3) is 0.417. The minimum absolute atomic E-state index is 0.206. The zero-order chi connectivity index (χ0) is 14.4. The molecule has 0 atom stereocenters. The van der Waals surface area contributed by atoms with Crippen molar-refractivity contribution in [3.63, 3.8) is 0 Å². The Balaban J connectivity index is 2.70. The van der Waals surface area contributed by atoms with Crippen LogP contribution in [0.4, 0.5) is 4.79 Å². The number of carbonyl (C=O) groups is 2. The number of rotatable bonds is 6. The summed E-state index contributed by atoms with van der Waals surface area (Å²) in [5, 5.41) is 8.79. The van der Waals surface area contributed by atoms with Gasteiger partial charge in [0.1, 0.15) is 6.54 Å². The number of hydrogen-bond acceptors (Lipinski definition) is 4. The Morgan fingerprint density at radius 1 is 1.58 bits per heavy atom. The summed E-state index contributed by atoms with van der Waals surface area (Å²) in [5.41, 5.74) is 2.61. The van der Waals surface area contributed by atoms with Crippen LogP contribution in [0.1, 0.15) is 10.6 Å². The third-order valence-corrected chi connectivity index (χ3v) is 3.42. The number of urea groups is 1. The second-order valence-corrected chi connectivity index (χ2v) is 5.00. The molecule has 0 aliphatic heterocycles. The van der Waals surface area contributed by atoms with Crippen LogP contribution in [0.2, 0.25) is 0 Å². The van der Waals surface area contributed by atoms with Gasteiger partial charge in [0.2, 0.25) is 0 Å². The minimum Gasteiger partial charge on any atom is -0.480 e. The lowest BCUT2D eigenvalue weighted by Crippen LogP contribution is -2.43. The average Bonchev–Trinajstić information content (AvgIpc) is 2.73. The molecule has 0 saturated carbocycles. The van der Waals surface area contributed by atoms with Gasteiger partial charge in [0, 0.05) is 18.5 Å². The van der Waals surface area contributed by atoms with Gasteiger partial charge in [0.15, 0.2) is 0 Å². The van der Waals surface area contributed by atoms with E-state index in [2.05, 4.69) is 11.6 Å². The standard InChI is InChI=1S/C12H17N3O3S/c1-4-5-15(7-11(16)17)12(18)14(3)6-10-9(2)13-8-19-10/h4,8H,1,5-7H2,2-3H3,(H,16,17). The molecule has 6 nitrogen and oxygen atoms in total. The Kier molecular flexibility index (Phi) is 5.50. The van der Waals surface area contributed by atoms with Gasteiger partial charge >= 0.3 is 12.0 Å². The highest BCUT2D eigenvalue weighted by Crippen LogP contribution is 2.15. The molecule has 1 N–H and O–H groups in total. The van der Waals surface area contributed by atoms with Gasteiger partial charge < -0.3 is 14.9 Å². The summed E-state index contributed by atoms with van der Waals surface area (Å²) in [7, 11) is 1.64. The molecule has 104 valence electrons. The van der Waals surface area contributed by atoms with Gasteiger partial charge in [-0.05, 0) is 6.92 Å². The van der Waals surface area contributed by atoms with Crippen molar-refractivity contribution in [2.75, 3.05) is 20.1 Å². The van der Waals surface area contributed by atoms with Crippen molar-refractivity contribution in [3.8, 4) is 0 Å². The summed E-state index contributed by atoms with van der Waals surface area (Å²) in [4.78, 5) is 30.7. The SMILES string of the molecule is C=CCN(CC(=O)O)C(=O)N(C)Cc1scnc1C. The molecule has 0 unspecified atom stereocenters. The maximum absolute atomic E-state index is 12.1. The van der Waals surface area contributed by atoms with Gasteiger partial charge in [-0.15, -0.1) is 17.9 Å². The lowest BCUT2D eigenvalue weighted by atomic mass is 10.3. The third kappa shape index (κ3) is 4.36.